The molecule has 1 aliphatic carbocycles. The number of rotatable bonds is 4. The Kier molecular flexibility index (Phi) is 3.28. The minimum atomic E-state index is -0.736. The van der Waals surface area contributed by atoms with Crippen LogP contribution in [-0.4, -0.2) is 28.3 Å². The van der Waals surface area contributed by atoms with Crippen LogP contribution in [0.15, 0.2) is 41.1 Å². The molecule has 1 heterocycles. The van der Waals surface area contributed by atoms with Gasteiger partial charge in [0.25, 0.3) is 5.91 Å². The molecule has 104 valence electrons. The number of benzene rings is 1. The van der Waals surface area contributed by atoms with E-state index in [1.807, 2.05) is 30.3 Å². The Hall–Kier alpha value is -2.14. The second-order valence-corrected chi connectivity index (χ2v) is 5.20. The lowest BCUT2D eigenvalue weighted by atomic mass is 9.80. The van der Waals surface area contributed by atoms with Gasteiger partial charge in [-0.2, -0.15) is 0 Å². The lowest BCUT2D eigenvalue weighted by Crippen LogP contribution is -2.47. The van der Waals surface area contributed by atoms with Gasteiger partial charge in [0.05, 0.1) is 11.8 Å². The van der Waals surface area contributed by atoms with E-state index in [2.05, 4.69) is 10.5 Å². The molecule has 0 atom stereocenters. The molecule has 1 aliphatic rings. The largest absolute Gasteiger partial charge is 0.388 e. The first-order valence-electron chi connectivity index (χ1n) is 6.69. The van der Waals surface area contributed by atoms with Crippen LogP contribution in [0.2, 0.25) is 0 Å². The fourth-order valence-corrected chi connectivity index (χ4v) is 2.30. The van der Waals surface area contributed by atoms with Crippen LogP contribution in [0.5, 0.6) is 0 Å². The van der Waals surface area contributed by atoms with E-state index >= 15 is 0 Å². The molecule has 0 saturated heterocycles. The van der Waals surface area contributed by atoms with Crippen molar-refractivity contribution >= 4 is 5.91 Å². The number of aliphatic hydroxyl groups is 1. The first-order valence-corrected chi connectivity index (χ1v) is 6.69. The molecule has 1 saturated carbocycles. The summed E-state index contributed by atoms with van der Waals surface area (Å²) in [6.45, 7) is 0.269. The van der Waals surface area contributed by atoms with E-state index < -0.39 is 5.60 Å². The Morgan fingerprint density at radius 2 is 2.10 bits per heavy atom. The van der Waals surface area contributed by atoms with Crippen molar-refractivity contribution in [2.45, 2.75) is 24.9 Å². The lowest BCUT2D eigenvalue weighted by molar-refractivity contribution is -0.0300. The molecule has 1 fully saturated rings. The predicted molar refractivity (Wildman–Crippen MR) is 73.1 cm³/mol. The van der Waals surface area contributed by atoms with Crippen molar-refractivity contribution in [1.82, 2.24) is 10.5 Å². The van der Waals surface area contributed by atoms with Crippen molar-refractivity contribution < 1.29 is 14.4 Å². The third kappa shape index (κ3) is 2.44. The highest BCUT2D eigenvalue weighted by atomic mass is 16.5. The number of hydrogen-bond donors (Lipinski definition) is 2. The van der Waals surface area contributed by atoms with E-state index in [-0.39, 0.29) is 12.5 Å². The first kappa shape index (κ1) is 12.9. The average molecular weight is 272 g/mol. The lowest BCUT2D eigenvalue weighted by Gasteiger charge is -2.36. The topological polar surface area (TPSA) is 75.4 Å². The van der Waals surface area contributed by atoms with Crippen LogP contribution < -0.4 is 5.32 Å². The summed E-state index contributed by atoms with van der Waals surface area (Å²) >= 11 is 0. The Morgan fingerprint density at radius 3 is 2.75 bits per heavy atom. The third-order valence-electron chi connectivity index (χ3n) is 3.71. The van der Waals surface area contributed by atoms with Crippen molar-refractivity contribution in [1.29, 1.82) is 0 Å². The Balaban J connectivity index is 1.74. The van der Waals surface area contributed by atoms with Gasteiger partial charge in [0.15, 0.2) is 5.76 Å². The van der Waals surface area contributed by atoms with Crippen LogP contribution in [0, 0.1) is 0 Å². The van der Waals surface area contributed by atoms with E-state index in [1.54, 1.807) is 0 Å². The second kappa shape index (κ2) is 5.09. The van der Waals surface area contributed by atoms with Crippen molar-refractivity contribution in [3.05, 3.63) is 42.1 Å². The van der Waals surface area contributed by atoms with Gasteiger partial charge in [0.1, 0.15) is 5.56 Å². The fourth-order valence-electron chi connectivity index (χ4n) is 2.30. The highest BCUT2D eigenvalue weighted by molar-refractivity contribution is 5.99. The summed E-state index contributed by atoms with van der Waals surface area (Å²) in [7, 11) is 0. The SMILES string of the molecule is O=C(NCC1(O)CCC1)c1cnoc1-c1ccccc1. The normalized spacial score (nSPS) is 16.4. The molecule has 0 bridgehead atoms. The van der Waals surface area contributed by atoms with Gasteiger partial charge in [-0.05, 0) is 19.3 Å². The molecule has 5 heteroatoms. The maximum Gasteiger partial charge on any atom is 0.257 e. The quantitative estimate of drug-likeness (QED) is 0.892. The van der Waals surface area contributed by atoms with Crippen LogP contribution in [0.25, 0.3) is 11.3 Å². The number of hydrogen-bond acceptors (Lipinski definition) is 4. The molecule has 20 heavy (non-hydrogen) atoms. The third-order valence-corrected chi connectivity index (χ3v) is 3.71. The van der Waals surface area contributed by atoms with Gasteiger partial charge in [-0.3, -0.25) is 4.79 Å². The number of nitrogens with one attached hydrogen (secondary N) is 1. The van der Waals surface area contributed by atoms with E-state index in [1.165, 1.54) is 6.20 Å². The van der Waals surface area contributed by atoms with Crippen molar-refractivity contribution in [3.63, 3.8) is 0 Å². The van der Waals surface area contributed by atoms with Crippen LogP contribution >= 0.6 is 0 Å². The summed E-state index contributed by atoms with van der Waals surface area (Å²) in [6, 6.07) is 9.35. The van der Waals surface area contributed by atoms with Gasteiger partial charge in [0.2, 0.25) is 0 Å². The van der Waals surface area contributed by atoms with E-state index in [4.69, 9.17) is 4.52 Å². The Bertz CT molecular complexity index is 603. The van der Waals surface area contributed by atoms with E-state index in [0.717, 1.165) is 24.8 Å². The second-order valence-electron chi connectivity index (χ2n) is 5.20. The molecule has 2 aromatic rings. The average Bonchev–Trinajstić information content (AvgIpc) is 2.93. The maximum atomic E-state index is 12.2. The summed E-state index contributed by atoms with van der Waals surface area (Å²) in [5.41, 5.74) is 0.455. The molecule has 0 spiro atoms. The van der Waals surface area contributed by atoms with E-state index in [9.17, 15) is 9.90 Å². The highest BCUT2D eigenvalue weighted by Crippen LogP contribution is 2.31. The minimum Gasteiger partial charge on any atom is -0.388 e. The standard InChI is InChI=1S/C15H16N2O3/c18-14(16-10-15(19)7-4-8-15)12-9-17-20-13(12)11-5-2-1-3-6-11/h1-3,5-6,9,19H,4,7-8,10H2,(H,16,18). The Morgan fingerprint density at radius 1 is 1.35 bits per heavy atom. The van der Waals surface area contributed by atoms with Gasteiger partial charge >= 0.3 is 0 Å². The maximum absolute atomic E-state index is 12.2. The molecule has 1 aromatic carbocycles. The predicted octanol–water partition coefficient (Wildman–Crippen LogP) is 1.99. The number of carbonyl (C=O) groups excluding carboxylic acids is 1. The fraction of sp³-hybridized carbons (Fsp3) is 0.333. The number of carbonyl (C=O) groups is 1. The molecule has 0 radical (unpaired) electrons. The molecule has 5 nitrogen and oxygen atoms in total. The molecule has 1 aromatic heterocycles. The zero-order valence-corrected chi connectivity index (χ0v) is 11.0. The van der Waals surface area contributed by atoms with Crippen LogP contribution in [-0.2, 0) is 0 Å². The summed E-state index contributed by atoms with van der Waals surface area (Å²) in [4.78, 5) is 12.2. The highest BCUT2D eigenvalue weighted by Gasteiger charge is 2.34. The van der Waals surface area contributed by atoms with Gasteiger partial charge < -0.3 is 14.9 Å². The number of aromatic nitrogens is 1. The molecular formula is C15H16N2O3. The van der Waals surface area contributed by atoms with Crippen LogP contribution in [0.4, 0.5) is 0 Å². The first-order chi connectivity index (χ1) is 9.68. The monoisotopic (exact) mass is 272 g/mol. The summed E-state index contributed by atoms with van der Waals surface area (Å²) in [5, 5.41) is 16.4. The van der Waals surface area contributed by atoms with Gasteiger partial charge in [-0.1, -0.05) is 35.5 Å². The molecule has 0 unspecified atom stereocenters. The molecule has 3 rings (SSSR count). The molecule has 0 aliphatic heterocycles. The van der Waals surface area contributed by atoms with Gasteiger partial charge in [0, 0.05) is 12.1 Å². The molecule has 1 amide bonds. The zero-order chi connectivity index (χ0) is 14.0. The summed E-state index contributed by atoms with van der Waals surface area (Å²) < 4.78 is 5.17. The summed E-state index contributed by atoms with van der Waals surface area (Å²) in [5.74, 6) is 0.175. The molecule has 2 N–H and O–H groups in total. The molecular weight excluding hydrogens is 256 g/mol. The number of nitrogens with zero attached hydrogens (tertiary/aromatic N) is 1. The zero-order valence-electron chi connectivity index (χ0n) is 11.0. The van der Waals surface area contributed by atoms with E-state index in [0.29, 0.717) is 11.3 Å². The minimum absolute atomic E-state index is 0.269. The van der Waals surface area contributed by atoms with Crippen molar-refractivity contribution in [2.24, 2.45) is 0 Å². The van der Waals surface area contributed by atoms with Gasteiger partial charge in [-0.15, -0.1) is 0 Å². The van der Waals surface area contributed by atoms with Gasteiger partial charge in [-0.25, -0.2) is 0 Å². The van der Waals surface area contributed by atoms with Crippen LogP contribution in [0.1, 0.15) is 29.6 Å². The van der Waals surface area contributed by atoms with Crippen molar-refractivity contribution in [2.75, 3.05) is 6.54 Å². The van der Waals surface area contributed by atoms with Crippen LogP contribution in [0.3, 0.4) is 0 Å². The number of amides is 1. The summed E-state index contributed by atoms with van der Waals surface area (Å²) in [6.07, 6.45) is 3.89. The van der Waals surface area contributed by atoms with Crippen molar-refractivity contribution in [3.8, 4) is 11.3 Å². The Labute approximate surface area is 116 Å². The smallest absolute Gasteiger partial charge is 0.257 e.